The molecule has 1 aromatic heterocycles. The Bertz CT molecular complexity index is 307. The maximum Gasteiger partial charge on any atom is 0.320 e. The Morgan fingerprint density at radius 1 is 1.73 bits per heavy atom. The van der Waals surface area contributed by atoms with Gasteiger partial charge in [-0.25, -0.2) is 0 Å². The summed E-state index contributed by atoms with van der Waals surface area (Å²) in [6, 6.07) is 3.68. The van der Waals surface area contributed by atoms with Crippen LogP contribution in [0.5, 0.6) is 0 Å². The van der Waals surface area contributed by atoms with Crippen LogP contribution < -0.4 is 5.32 Å². The molecule has 1 unspecified atom stereocenters. The number of hydrogen-bond acceptors (Lipinski definition) is 5. The third-order valence-electron chi connectivity index (χ3n) is 1.71. The minimum atomic E-state index is -0.334. The van der Waals surface area contributed by atoms with Crippen LogP contribution >= 0.6 is 15.9 Å². The number of nitrogens with zero attached hydrogens (tertiary/aromatic N) is 2. The first-order chi connectivity index (χ1) is 7.24. The molecule has 1 aromatic rings. The molecule has 15 heavy (non-hydrogen) atoms. The van der Waals surface area contributed by atoms with Gasteiger partial charge in [-0.1, -0.05) is 15.9 Å². The van der Waals surface area contributed by atoms with Gasteiger partial charge in [0.2, 0.25) is 0 Å². The molecular weight excluding hydrogens is 262 g/mol. The van der Waals surface area contributed by atoms with Crippen molar-refractivity contribution in [1.29, 1.82) is 0 Å². The highest BCUT2D eigenvalue weighted by Crippen LogP contribution is 2.00. The Balaban J connectivity index is 2.25. The van der Waals surface area contributed by atoms with Crippen LogP contribution in [0.25, 0.3) is 0 Å². The lowest BCUT2D eigenvalue weighted by molar-refractivity contribution is -0.139. The molecule has 1 atom stereocenters. The van der Waals surface area contributed by atoms with Gasteiger partial charge < -0.3 is 10.1 Å². The second kappa shape index (κ2) is 6.47. The number of esters is 1. The van der Waals surface area contributed by atoms with Crippen molar-refractivity contribution in [1.82, 2.24) is 15.5 Å². The summed E-state index contributed by atoms with van der Waals surface area (Å²) in [5, 5.41) is 10.7. The number of ether oxygens (including phenoxy) is 1. The number of nitrogens with one attached hydrogen (secondary N) is 1. The number of alkyl halides is 1. The molecular formula is C9H12BrN3O2. The van der Waals surface area contributed by atoms with Gasteiger partial charge in [-0.15, -0.1) is 0 Å². The van der Waals surface area contributed by atoms with Crippen LogP contribution in [0.1, 0.15) is 5.69 Å². The van der Waals surface area contributed by atoms with Crippen LogP contribution in [0, 0.1) is 0 Å². The van der Waals surface area contributed by atoms with Crippen molar-refractivity contribution >= 4 is 21.9 Å². The van der Waals surface area contributed by atoms with Gasteiger partial charge in [-0.2, -0.15) is 10.2 Å². The maximum absolute atomic E-state index is 11.0. The summed E-state index contributed by atoms with van der Waals surface area (Å²) in [6.07, 6.45) is 1.62. The standard InChI is InChI=1S/C9H12BrN3O2/c1-15-9(14)8(10)6-11-5-7-3-2-4-12-13-7/h2-4,8,11H,5-6H2,1H3. The molecule has 0 aliphatic rings. The molecule has 0 radical (unpaired) electrons. The third kappa shape index (κ3) is 4.35. The van der Waals surface area contributed by atoms with Gasteiger partial charge in [0, 0.05) is 19.3 Å². The van der Waals surface area contributed by atoms with Crippen LogP contribution in [0.2, 0.25) is 0 Å². The van der Waals surface area contributed by atoms with Crippen LogP contribution in [-0.2, 0) is 16.1 Å². The summed E-state index contributed by atoms with van der Waals surface area (Å²) in [5.74, 6) is -0.290. The monoisotopic (exact) mass is 273 g/mol. The molecule has 0 aliphatic carbocycles. The molecule has 0 bridgehead atoms. The zero-order valence-electron chi connectivity index (χ0n) is 8.31. The van der Waals surface area contributed by atoms with Crippen molar-refractivity contribution in [3.63, 3.8) is 0 Å². The highest BCUT2D eigenvalue weighted by atomic mass is 79.9. The van der Waals surface area contributed by atoms with E-state index in [1.54, 1.807) is 6.20 Å². The molecule has 1 N–H and O–H groups in total. The lowest BCUT2D eigenvalue weighted by atomic mass is 10.3. The summed E-state index contributed by atoms with van der Waals surface area (Å²) < 4.78 is 4.56. The van der Waals surface area contributed by atoms with E-state index in [1.165, 1.54) is 7.11 Å². The zero-order valence-corrected chi connectivity index (χ0v) is 9.90. The van der Waals surface area contributed by atoms with Gasteiger partial charge in [0.1, 0.15) is 4.83 Å². The smallest absolute Gasteiger partial charge is 0.320 e. The lowest BCUT2D eigenvalue weighted by Gasteiger charge is -2.08. The minimum Gasteiger partial charge on any atom is -0.468 e. The van der Waals surface area contributed by atoms with E-state index in [9.17, 15) is 4.79 Å². The first-order valence-corrected chi connectivity index (χ1v) is 5.35. The molecule has 0 saturated heterocycles. The zero-order chi connectivity index (χ0) is 11.1. The molecule has 6 heteroatoms. The maximum atomic E-state index is 11.0. The molecule has 0 aromatic carbocycles. The summed E-state index contributed by atoms with van der Waals surface area (Å²) in [6.45, 7) is 1.07. The number of carbonyl (C=O) groups excluding carboxylic acids is 1. The Kier molecular flexibility index (Phi) is 5.20. The molecule has 0 aliphatic heterocycles. The Morgan fingerprint density at radius 3 is 3.13 bits per heavy atom. The quantitative estimate of drug-likeness (QED) is 0.626. The van der Waals surface area contributed by atoms with E-state index in [-0.39, 0.29) is 10.8 Å². The van der Waals surface area contributed by atoms with E-state index in [4.69, 9.17) is 0 Å². The molecule has 0 saturated carbocycles. The summed E-state index contributed by atoms with van der Waals surface area (Å²) in [4.78, 5) is 10.7. The van der Waals surface area contributed by atoms with Crippen molar-refractivity contribution in [2.75, 3.05) is 13.7 Å². The van der Waals surface area contributed by atoms with Crippen LogP contribution in [0.3, 0.4) is 0 Å². The van der Waals surface area contributed by atoms with E-state index >= 15 is 0 Å². The fourth-order valence-electron chi connectivity index (χ4n) is 0.966. The summed E-state index contributed by atoms with van der Waals surface area (Å²) in [7, 11) is 1.36. The van der Waals surface area contributed by atoms with E-state index in [0.29, 0.717) is 13.1 Å². The van der Waals surface area contributed by atoms with Crippen molar-refractivity contribution in [2.24, 2.45) is 0 Å². The normalized spacial score (nSPS) is 12.1. The number of methoxy groups -OCH3 is 1. The fourth-order valence-corrected chi connectivity index (χ4v) is 1.38. The van der Waals surface area contributed by atoms with Crippen molar-refractivity contribution in [2.45, 2.75) is 11.4 Å². The van der Waals surface area contributed by atoms with Gasteiger partial charge in [-0.05, 0) is 12.1 Å². The van der Waals surface area contributed by atoms with Crippen LogP contribution in [0.15, 0.2) is 18.3 Å². The van der Waals surface area contributed by atoms with Crippen molar-refractivity contribution in [3.8, 4) is 0 Å². The number of rotatable bonds is 5. The van der Waals surface area contributed by atoms with Gasteiger partial charge >= 0.3 is 5.97 Å². The first-order valence-electron chi connectivity index (χ1n) is 4.43. The number of aromatic nitrogens is 2. The fraction of sp³-hybridized carbons (Fsp3) is 0.444. The van der Waals surface area contributed by atoms with Crippen molar-refractivity contribution in [3.05, 3.63) is 24.0 Å². The van der Waals surface area contributed by atoms with Gasteiger partial charge in [0.15, 0.2) is 0 Å². The minimum absolute atomic E-state index is 0.290. The van der Waals surface area contributed by atoms with Crippen LogP contribution in [0.4, 0.5) is 0 Å². The van der Waals surface area contributed by atoms with E-state index in [1.807, 2.05) is 12.1 Å². The number of halogens is 1. The van der Waals surface area contributed by atoms with E-state index in [2.05, 4.69) is 36.2 Å². The second-order valence-electron chi connectivity index (χ2n) is 2.84. The molecule has 0 spiro atoms. The topological polar surface area (TPSA) is 64.1 Å². The molecule has 1 rings (SSSR count). The number of hydrogen-bond donors (Lipinski definition) is 1. The number of carbonyl (C=O) groups is 1. The Labute approximate surface area is 96.4 Å². The molecule has 5 nitrogen and oxygen atoms in total. The van der Waals surface area contributed by atoms with Gasteiger partial charge in [0.25, 0.3) is 0 Å². The average Bonchev–Trinajstić information content (AvgIpc) is 2.29. The van der Waals surface area contributed by atoms with Crippen LogP contribution in [-0.4, -0.2) is 34.6 Å². The molecule has 0 fully saturated rings. The summed E-state index contributed by atoms with van der Waals surface area (Å²) in [5.41, 5.74) is 0.835. The second-order valence-corrected chi connectivity index (χ2v) is 3.94. The largest absolute Gasteiger partial charge is 0.468 e. The average molecular weight is 274 g/mol. The predicted molar refractivity (Wildman–Crippen MR) is 58.5 cm³/mol. The molecule has 0 amide bonds. The highest BCUT2D eigenvalue weighted by molar-refractivity contribution is 9.10. The highest BCUT2D eigenvalue weighted by Gasteiger charge is 2.13. The lowest BCUT2D eigenvalue weighted by Crippen LogP contribution is -2.29. The van der Waals surface area contributed by atoms with E-state index < -0.39 is 0 Å². The van der Waals surface area contributed by atoms with Crippen molar-refractivity contribution < 1.29 is 9.53 Å². The van der Waals surface area contributed by atoms with Gasteiger partial charge in [-0.3, -0.25) is 4.79 Å². The SMILES string of the molecule is COC(=O)C(Br)CNCc1cccnn1. The Morgan fingerprint density at radius 2 is 2.53 bits per heavy atom. The van der Waals surface area contributed by atoms with E-state index in [0.717, 1.165) is 5.69 Å². The third-order valence-corrected chi connectivity index (χ3v) is 2.41. The first kappa shape index (κ1) is 12.1. The molecule has 1 heterocycles. The molecule has 82 valence electrons. The predicted octanol–water partition coefficient (Wildman–Crippen LogP) is 0.503. The summed E-state index contributed by atoms with van der Waals surface area (Å²) >= 11 is 3.20. The van der Waals surface area contributed by atoms with Gasteiger partial charge in [0.05, 0.1) is 12.8 Å². The Hall–Kier alpha value is -1.01.